The largest absolute Gasteiger partial charge is 0.493 e. The number of halogens is 3. The van der Waals surface area contributed by atoms with Crippen LogP contribution in [-0.2, 0) is 23.7 Å². The van der Waals surface area contributed by atoms with Gasteiger partial charge in [-0.2, -0.15) is 13.2 Å². The summed E-state index contributed by atoms with van der Waals surface area (Å²) in [5, 5.41) is 3.89. The average molecular weight is 468 g/mol. The molecular formula is C20H23F3N6O4. The van der Waals surface area contributed by atoms with Crippen LogP contribution in [0.3, 0.4) is 0 Å². The predicted molar refractivity (Wildman–Crippen MR) is 113 cm³/mol. The second-order valence-corrected chi connectivity index (χ2v) is 7.87. The maximum Gasteiger partial charge on any atom is 0.493 e. The first-order chi connectivity index (χ1) is 15.5. The molecule has 0 radical (unpaired) electrons. The first-order valence-electron chi connectivity index (χ1n) is 10.2. The lowest BCUT2D eigenvalue weighted by Crippen LogP contribution is -2.60. The van der Waals surface area contributed by atoms with Gasteiger partial charge in [0, 0.05) is 46.0 Å². The molecule has 1 saturated heterocycles. The Morgan fingerprint density at radius 1 is 1.09 bits per heavy atom. The predicted octanol–water partition coefficient (Wildman–Crippen LogP) is 0.560. The van der Waals surface area contributed by atoms with Gasteiger partial charge in [0.05, 0.1) is 0 Å². The molecule has 1 N–H and O–H groups in total. The van der Waals surface area contributed by atoms with Crippen LogP contribution in [0.25, 0.3) is 0 Å². The summed E-state index contributed by atoms with van der Waals surface area (Å²) < 4.78 is 41.4. The van der Waals surface area contributed by atoms with Gasteiger partial charge in [-0.25, -0.2) is 9.59 Å². The first-order valence-corrected chi connectivity index (χ1v) is 10.2. The molecule has 2 aliphatic heterocycles. The fraction of sp³-hybridized carbons (Fsp3) is 0.450. The lowest BCUT2D eigenvalue weighted by atomic mass is 10.1. The fourth-order valence-electron chi connectivity index (χ4n) is 4.14. The maximum absolute atomic E-state index is 13.3. The number of rotatable bonds is 3. The summed E-state index contributed by atoms with van der Waals surface area (Å²) in [7, 11) is 2.59. The number of nitrogens with zero attached hydrogens (tertiary/aromatic N) is 5. The highest BCUT2D eigenvalue weighted by Gasteiger charge is 2.51. The van der Waals surface area contributed by atoms with Gasteiger partial charge < -0.3 is 10.2 Å². The number of alkyl halides is 3. The highest BCUT2D eigenvalue weighted by molar-refractivity contribution is 5.84. The van der Waals surface area contributed by atoms with Crippen LogP contribution in [0.1, 0.15) is 5.56 Å². The van der Waals surface area contributed by atoms with Gasteiger partial charge in [0.15, 0.2) is 11.5 Å². The molecule has 3 heterocycles. The second-order valence-electron chi connectivity index (χ2n) is 7.87. The number of aryl methyl sites for hydroxylation is 1. The minimum atomic E-state index is -5.27. The molecule has 0 spiro atoms. The molecule has 2 aromatic rings. The number of hydroxylamine groups is 1. The van der Waals surface area contributed by atoms with Crippen molar-refractivity contribution in [2.24, 2.45) is 14.1 Å². The van der Waals surface area contributed by atoms with Gasteiger partial charge in [-0.1, -0.05) is 18.2 Å². The van der Waals surface area contributed by atoms with E-state index < -0.39 is 29.7 Å². The van der Waals surface area contributed by atoms with Gasteiger partial charge in [-0.05, 0) is 18.6 Å². The summed E-state index contributed by atoms with van der Waals surface area (Å²) in [4.78, 5) is 46.0. The van der Waals surface area contributed by atoms with Crippen LogP contribution in [0.15, 0.2) is 33.9 Å². The van der Waals surface area contributed by atoms with Crippen LogP contribution in [0, 0.1) is 6.92 Å². The molecule has 4 rings (SSSR count). The van der Waals surface area contributed by atoms with Crippen molar-refractivity contribution in [3.05, 3.63) is 50.7 Å². The Kier molecular flexibility index (Phi) is 5.70. The van der Waals surface area contributed by atoms with E-state index in [4.69, 9.17) is 4.84 Å². The van der Waals surface area contributed by atoms with Crippen LogP contribution in [0.5, 0.6) is 0 Å². The molecule has 1 atom stereocenters. The topological polar surface area (TPSA) is 92.0 Å². The van der Waals surface area contributed by atoms with Gasteiger partial charge >= 0.3 is 17.8 Å². The number of benzene rings is 1. The number of carbonyl (C=O) groups excluding carboxylic acids is 1. The van der Waals surface area contributed by atoms with Gasteiger partial charge in [-0.3, -0.25) is 23.7 Å². The minimum Gasteiger partial charge on any atom is -0.327 e. The van der Waals surface area contributed by atoms with E-state index in [2.05, 4.69) is 5.32 Å². The van der Waals surface area contributed by atoms with Crippen LogP contribution in [-0.4, -0.2) is 58.6 Å². The van der Waals surface area contributed by atoms with E-state index in [9.17, 15) is 27.6 Å². The van der Waals surface area contributed by atoms with Crippen molar-refractivity contribution in [1.29, 1.82) is 0 Å². The molecule has 1 aromatic carbocycles. The zero-order valence-corrected chi connectivity index (χ0v) is 18.2. The molecule has 0 bridgehead atoms. The number of para-hydroxylation sites is 1. The Hall–Kier alpha value is -3.32. The van der Waals surface area contributed by atoms with E-state index in [1.165, 1.54) is 19.0 Å². The normalized spacial score (nSPS) is 19.0. The van der Waals surface area contributed by atoms with Crippen LogP contribution in [0.2, 0.25) is 0 Å². The zero-order valence-electron chi connectivity index (χ0n) is 18.2. The van der Waals surface area contributed by atoms with Crippen LogP contribution < -0.4 is 26.5 Å². The summed E-state index contributed by atoms with van der Waals surface area (Å²) in [5.74, 6) is -2.68. The van der Waals surface area contributed by atoms with Crippen molar-refractivity contribution in [2.45, 2.75) is 19.4 Å². The van der Waals surface area contributed by atoms with Crippen molar-refractivity contribution in [1.82, 2.24) is 19.4 Å². The molecular weight excluding hydrogens is 445 g/mol. The fourth-order valence-corrected chi connectivity index (χ4v) is 4.14. The molecule has 0 aliphatic carbocycles. The average Bonchev–Trinajstić information content (AvgIpc) is 3.11. The molecule has 0 saturated carbocycles. The maximum atomic E-state index is 13.3. The van der Waals surface area contributed by atoms with Crippen molar-refractivity contribution in [3.63, 3.8) is 0 Å². The van der Waals surface area contributed by atoms with Crippen LogP contribution in [0.4, 0.5) is 30.4 Å². The zero-order chi connectivity index (χ0) is 24.1. The summed E-state index contributed by atoms with van der Waals surface area (Å²) >= 11 is 0. The van der Waals surface area contributed by atoms with E-state index in [0.29, 0.717) is 31.9 Å². The quantitative estimate of drug-likeness (QED) is 0.699. The summed E-state index contributed by atoms with van der Waals surface area (Å²) in [6, 6.07) is 7.03. The molecule has 2 aliphatic rings. The van der Waals surface area contributed by atoms with Gasteiger partial charge in [0.2, 0.25) is 6.29 Å². The highest BCUT2D eigenvalue weighted by Crippen LogP contribution is 2.43. The lowest BCUT2D eigenvalue weighted by molar-refractivity contribution is -0.203. The van der Waals surface area contributed by atoms with E-state index in [-0.39, 0.29) is 11.5 Å². The molecule has 1 unspecified atom stereocenters. The summed E-state index contributed by atoms with van der Waals surface area (Å²) in [6.07, 6.45) is -6.39. The van der Waals surface area contributed by atoms with E-state index in [1.807, 2.05) is 0 Å². The molecule has 33 heavy (non-hydrogen) atoms. The minimum absolute atomic E-state index is 0.0626. The Balaban J connectivity index is 2.01. The van der Waals surface area contributed by atoms with Crippen LogP contribution >= 0.6 is 0 Å². The second kappa shape index (κ2) is 8.23. The molecule has 10 nitrogen and oxygen atoms in total. The number of aromatic nitrogens is 2. The van der Waals surface area contributed by atoms with Gasteiger partial charge in [-0.15, -0.1) is 5.06 Å². The highest BCUT2D eigenvalue weighted by atomic mass is 19.4. The van der Waals surface area contributed by atoms with Crippen molar-refractivity contribution < 1.29 is 22.8 Å². The number of nitrogens with one attached hydrogen (secondary N) is 1. The Morgan fingerprint density at radius 2 is 1.73 bits per heavy atom. The number of piperazine rings is 1. The summed E-state index contributed by atoms with van der Waals surface area (Å²) in [6.45, 7) is 3.66. The monoisotopic (exact) mass is 468 g/mol. The third-order valence-electron chi connectivity index (χ3n) is 5.77. The van der Waals surface area contributed by atoms with E-state index in [0.717, 1.165) is 19.8 Å². The van der Waals surface area contributed by atoms with Gasteiger partial charge in [0.1, 0.15) is 0 Å². The molecule has 1 fully saturated rings. The molecule has 1 aromatic heterocycles. The number of hydrogen-bond donors (Lipinski definition) is 1. The third-order valence-corrected chi connectivity index (χ3v) is 5.77. The summed E-state index contributed by atoms with van der Waals surface area (Å²) in [5.41, 5.74) is -0.279. The number of hydrogen-bond acceptors (Lipinski definition) is 8. The number of anilines is 3. The number of fused-ring (bicyclic) bond motifs is 1. The standard InChI is InChI=1S/C20H23F3N6O4/c1-12-6-4-5-7-13(12)28-14-15(25(2)19(32)26(3)16(14)30)29(33-17(31)20(21,22)23)18(28)27-10-8-24-9-11-27/h4-7,18,24H,8-11H2,1-3H3. The van der Waals surface area contributed by atoms with E-state index in [1.54, 1.807) is 36.1 Å². The first kappa shape index (κ1) is 22.9. The smallest absolute Gasteiger partial charge is 0.327 e. The number of carbonyl (C=O) groups is 1. The van der Waals surface area contributed by atoms with Gasteiger partial charge in [0.25, 0.3) is 5.56 Å². The van der Waals surface area contributed by atoms with Crippen molar-refractivity contribution in [2.75, 3.05) is 36.1 Å². The lowest BCUT2D eigenvalue weighted by Gasteiger charge is -2.41. The third kappa shape index (κ3) is 3.76. The molecule has 0 amide bonds. The van der Waals surface area contributed by atoms with E-state index >= 15 is 0 Å². The molecule has 178 valence electrons. The Bertz CT molecular complexity index is 1200. The Labute approximate surface area is 186 Å². The molecule has 13 heteroatoms. The Morgan fingerprint density at radius 3 is 2.33 bits per heavy atom. The SMILES string of the molecule is Cc1ccccc1N1c2c(n(C)c(=O)n(C)c2=O)N(OC(=O)C(F)(F)F)C1N1CCNCC1. The van der Waals surface area contributed by atoms with Crippen molar-refractivity contribution >= 4 is 23.2 Å². The van der Waals surface area contributed by atoms with Crippen molar-refractivity contribution in [3.8, 4) is 0 Å².